The quantitative estimate of drug-likeness (QED) is 0.774. The zero-order chi connectivity index (χ0) is 18.7. The first-order valence-electron chi connectivity index (χ1n) is 8.75. The molecule has 138 valence electrons. The van der Waals surface area contributed by atoms with Crippen LogP contribution in [0.25, 0.3) is 0 Å². The van der Waals surface area contributed by atoms with E-state index in [1.165, 1.54) is 5.56 Å². The van der Waals surface area contributed by atoms with Crippen molar-refractivity contribution in [3.05, 3.63) is 57.6 Å². The Morgan fingerprint density at radius 3 is 2.81 bits per heavy atom. The SMILES string of the molecule is CCOc1ccc(C(=O)Nc2ccc3c(c2)CN(C(C)O)CC3)cc1Br. The number of benzene rings is 2. The Morgan fingerprint density at radius 1 is 1.31 bits per heavy atom. The molecule has 0 aromatic heterocycles. The van der Waals surface area contributed by atoms with Gasteiger partial charge in [-0.25, -0.2) is 0 Å². The lowest BCUT2D eigenvalue weighted by atomic mass is 9.99. The van der Waals surface area contributed by atoms with Gasteiger partial charge in [-0.15, -0.1) is 0 Å². The number of carbonyl (C=O) groups is 1. The summed E-state index contributed by atoms with van der Waals surface area (Å²) >= 11 is 3.44. The van der Waals surface area contributed by atoms with Crippen LogP contribution in [0.15, 0.2) is 40.9 Å². The largest absolute Gasteiger partial charge is 0.493 e. The molecule has 0 saturated heterocycles. The first-order chi connectivity index (χ1) is 12.5. The molecule has 1 aliphatic rings. The van der Waals surface area contributed by atoms with Crippen molar-refractivity contribution in [2.24, 2.45) is 0 Å². The molecular formula is C20H23BrN2O3. The summed E-state index contributed by atoms with van der Waals surface area (Å²) in [5.74, 6) is 0.549. The molecule has 1 heterocycles. The third kappa shape index (κ3) is 4.26. The third-order valence-electron chi connectivity index (χ3n) is 4.53. The predicted octanol–water partition coefficient (Wildman–Crippen LogP) is 3.80. The molecule has 0 bridgehead atoms. The Balaban J connectivity index is 1.74. The van der Waals surface area contributed by atoms with Crippen LogP contribution in [0.1, 0.15) is 35.3 Å². The number of halogens is 1. The summed E-state index contributed by atoms with van der Waals surface area (Å²) in [7, 11) is 0. The topological polar surface area (TPSA) is 61.8 Å². The van der Waals surface area contributed by atoms with Crippen molar-refractivity contribution in [2.45, 2.75) is 33.0 Å². The van der Waals surface area contributed by atoms with E-state index in [0.29, 0.717) is 18.7 Å². The van der Waals surface area contributed by atoms with Gasteiger partial charge in [-0.1, -0.05) is 6.07 Å². The number of aliphatic hydroxyl groups is 1. The van der Waals surface area contributed by atoms with Gasteiger partial charge < -0.3 is 15.2 Å². The number of fused-ring (bicyclic) bond motifs is 1. The fraction of sp³-hybridized carbons (Fsp3) is 0.350. The fourth-order valence-electron chi connectivity index (χ4n) is 3.09. The van der Waals surface area contributed by atoms with Crippen molar-refractivity contribution in [3.63, 3.8) is 0 Å². The van der Waals surface area contributed by atoms with Crippen LogP contribution < -0.4 is 10.1 Å². The van der Waals surface area contributed by atoms with E-state index in [1.807, 2.05) is 24.0 Å². The standard InChI is InChI=1S/C20H23BrN2O3/c1-3-26-19-7-5-15(11-18(19)21)20(25)22-17-6-4-14-8-9-23(13(2)24)12-16(14)10-17/h4-7,10-11,13,24H,3,8-9,12H2,1-2H3,(H,22,25). The molecule has 2 aromatic rings. The van der Waals surface area contributed by atoms with E-state index in [4.69, 9.17) is 4.74 Å². The lowest BCUT2D eigenvalue weighted by Gasteiger charge is -2.31. The zero-order valence-corrected chi connectivity index (χ0v) is 16.5. The normalized spacial score (nSPS) is 15.2. The van der Waals surface area contributed by atoms with Crippen LogP contribution in [0.5, 0.6) is 5.75 Å². The number of anilines is 1. The minimum atomic E-state index is -0.470. The number of nitrogens with one attached hydrogen (secondary N) is 1. The second-order valence-electron chi connectivity index (χ2n) is 6.37. The van der Waals surface area contributed by atoms with Crippen molar-refractivity contribution < 1.29 is 14.6 Å². The van der Waals surface area contributed by atoms with Crippen molar-refractivity contribution in [1.29, 1.82) is 0 Å². The number of hydrogen-bond donors (Lipinski definition) is 2. The molecule has 6 heteroatoms. The molecule has 26 heavy (non-hydrogen) atoms. The van der Waals surface area contributed by atoms with E-state index in [1.54, 1.807) is 25.1 Å². The molecule has 5 nitrogen and oxygen atoms in total. The summed E-state index contributed by atoms with van der Waals surface area (Å²) in [4.78, 5) is 14.6. The molecule has 3 rings (SSSR count). The smallest absolute Gasteiger partial charge is 0.255 e. The molecule has 2 N–H and O–H groups in total. The number of hydrogen-bond acceptors (Lipinski definition) is 4. The number of nitrogens with zero attached hydrogens (tertiary/aromatic N) is 1. The molecule has 1 aliphatic heterocycles. The van der Waals surface area contributed by atoms with Crippen molar-refractivity contribution >= 4 is 27.5 Å². The van der Waals surface area contributed by atoms with E-state index < -0.39 is 6.23 Å². The molecule has 1 atom stereocenters. The highest BCUT2D eigenvalue weighted by Crippen LogP contribution is 2.27. The minimum absolute atomic E-state index is 0.170. The molecule has 1 amide bonds. The van der Waals surface area contributed by atoms with Gasteiger partial charge in [0.15, 0.2) is 0 Å². The van der Waals surface area contributed by atoms with E-state index in [2.05, 4.69) is 27.3 Å². The molecule has 0 spiro atoms. The summed E-state index contributed by atoms with van der Waals surface area (Å²) in [5.41, 5.74) is 3.72. The second kappa shape index (κ2) is 8.20. The van der Waals surface area contributed by atoms with Crippen molar-refractivity contribution in [2.75, 3.05) is 18.5 Å². The first-order valence-corrected chi connectivity index (χ1v) is 9.55. The van der Waals surface area contributed by atoms with Crippen molar-refractivity contribution in [1.82, 2.24) is 4.90 Å². The van der Waals surface area contributed by atoms with Gasteiger partial charge in [-0.3, -0.25) is 9.69 Å². The highest BCUT2D eigenvalue weighted by Gasteiger charge is 2.20. The lowest BCUT2D eigenvalue weighted by molar-refractivity contribution is 0.00919. The predicted molar refractivity (Wildman–Crippen MR) is 106 cm³/mol. The zero-order valence-electron chi connectivity index (χ0n) is 15.0. The molecule has 0 aliphatic carbocycles. The number of rotatable bonds is 5. The summed E-state index contributed by atoms with van der Waals surface area (Å²) < 4.78 is 6.23. The van der Waals surface area contributed by atoms with Gasteiger partial charge in [0.2, 0.25) is 0 Å². The number of ether oxygens (including phenoxy) is 1. The Kier molecular flexibility index (Phi) is 5.96. The number of carbonyl (C=O) groups excluding carboxylic acids is 1. The van der Waals surface area contributed by atoms with Crippen LogP contribution in [0.2, 0.25) is 0 Å². The Morgan fingerprint density at radius 2 is 2.12 bits per heavy atom. The third-order valence-corrected chi connectivity index (χ3v) is 5.15. The summed E-state index contributed by atoms with van der Waals surface area (Å²) in [6.45, 7) is 5.80. The lowest BCUT2D eigenvalue weighted by Crippen LogP contribution is -2.37. The van der Waals surface area contributed by atoms with Gasteiger partial charge in [-0.2, -0.15) is 0 Å². The van der Waals surface area contributed by atoms with Gasteiger partial charge in [0.05, 0.1) is 11.1 Å². The highest BCUT2D eigenvalue weighted by molar-refractivity contribution is 9.10. The van der Waals surface area contributed by atoms with Crippen LogP contribution >= 0.6 is 15.9 Å². The van der Waals surface area contributed by atoms with Gasteiger partial charge in [0, 0.05) is 24.3 Å². The van der Waals surface area contributed by atoms with Gasteiger partial charge >= 0.3 is 0 Å². The first kappa shape index (κ1) is 18.9. The van der Waals surface area contributed by atoms with Crippen molar-refractivity contribution in [3.8, 4) is 5.75 Å². The van der Waals surface area contributed by atoms with Crippen LogP contribution in [0.4, 0.5) is 5.69 Å². The molecule has 0 radical (unpaired) electrons. The van der Waals surface area contributed by atoms with E-state index in [0.717, 1.165) is 34.4 Å². The van der Waals surface area contributed by atoms with Gasteiger partial charge in [0.1, 0.15) is 12.0 Å². The van der Waals surface area contributed by atoms with Crippen LogP contribution in [-0.4, -0.2) is 35.3 Å². The summed E-state index contributed by atoms with van der Waals surface area (Å²) in [6.07, 6.45) is 0.433. The van der Waals surface area contributed by atoms with Crippen LogP contribution in [0.3, 0.4) is 0 Å². The van der Waals surface area contributed by atoms with E-state index in [-0.39, 0.29) is 5.91 Å². The molecular weight excluding hydrogens is 396 g/mol. The molecule has 2 aromatic carbocycles. The second-order valence-corrected chi connectivity index (χ2v) is 7.22. The van der Waals surface area contributed by atoms with E-state index in [9.17, 15) is 9.90 Å². The monoisotopic (exact) mass is 418 g/mol. The number of amides is 1. The average Bonchev–Trinajstić information content (AvgIpc) is 2.62. The molecule has 1 unspecified atom stereocenters. The maximum absolute atomic E-state index is 12.6. The maximum atomic E-state index is 12.6. The number of aliphatic hydroxyl groups excluding tert-OH is 1. The molecule has 0 fully saturated rings. The summed E-state index contributed by atoms with van der Waals surface area (Å²) in [6, 6.07) is 11.3. The average molecular weight is 419 g/mol. The van der Waals surface area contributed by atoms with Gasteiger partial charge in [-0.05, 0) is 77.7 Å². The van der Waals surface area contributed by atoms with Gasteiger partial charge in [0.25, 0.3) is 5.91 Å². The highest BCUT2D eigenvalue weighted by atomic mass is 79.9. The van der Waals surface area contributed by atoms with Crippen LogP contribution in [0, 0.1) is 0 Å². The fourth-order valence-corrected chi connectivity index (χ4v) is 3.59. The summed E-state index contributed by atoms with van der Waals surface area (Å²) in [5, 5.41) is 12.7. The minimum Gasteiger partial charge on any atom is -0.493 e. The van der Waals surface area contributed by atoms with Crippen LogP contribution in [-0.2, 0) is 13.0 Å². The Hall–Kier alpha value is -1.89. The molecule has 0 saturated carbocycles. The Bertz CT molecular complexity index is 808. The van der Waals surface area contributed by atoms with E-state index >= 15 is 0 Å². The Labute approximate surface area is 162 Å². The maximum Gasteiger partial charge on any atom is 0.255 e.